The normalized spacial score (nSPS) is 15.1. The van der Waals surface area contributed by atoms with Gasteiger partial charge in [0, 0.05) is 25.6 Å². The van der Waals surface area contributed by atoms with Crippen LogP contribution in [0.15, 0.2) is 48.5 Å². The van der Waals surface area contributed by atoms with Crippen molar-refractivity contribution in [2.24, 2.45) is 0 Å². The molecule has 7 nitrogen and oxygen atoms in total. The second-order valence-corrected chi connectivity index (χ2v) is 12.3. The van der Waals surface area contributed by atoms with Gasteiger partial charge in [-0.3, -0.25) is 13.9 Å². The molecule has 8 heteroatoms. The fourth-order valence-electron chi connectivity index (χ4n) is 5.23. The van der Waals surface area contributed by atoms with Crippen LogP contribution in [0.1, 0.15) is 75.0 Å². The zero-order valence-electron chi connectivity index (χ0n) is 23.3. The predicted octanol–water partition coefficient (Wildman–Crippen LogP) is 5.11. The number of aryl methyl sites for hydroxylation is 1. The van der Waals surface area contributed by atoms with Crippen molar-refractivity contribution < 1.29 is 18.0 Å². The molecule has 38 heavy (non-hydrogen) atoms. The fourth-order valence-corrected chi connectivity index (χ4v) is 6.25. The van der Waals surface area contributed by atoms with Crippen LogP contribution in [0.5, 0.6) is 0 Å². The summed E-state index contributed by atoms with van der Waals surface area (Å²) in [7, 11) is -3.53. The summed E-state index contributed by atoms with van der Waals surface area (Å²) in [6.07, 6.45) is 7.60. The average molecular weight is 542 g/mol. The molecule has 1 fully saturated rings. The van der Waals surface area contributed by atoms with Crippen molar-refractivity contribution in [3.8, 4) is 0 Å². The topological polar surface area (TPSA) is 86.8 Å². The Morgan fingerprint density at radius 2 is 1.68 bits per heavy atom. The van der Waals surface area contributed by atoms with Crippen molar-refractivity contribution in [2.45, 2.75) is 90.8 Å². The van der Waals surface area contributed by atoms with Crippen molar-refractivity contribution in [1.29, 1.82) is 0 Å². The van der Waals surface area contributed by atoms with Gasteiger partial charge in [-0.15, -0.1) is 0 Å². The van der Waals surface area contributed by atoms with E-state index in [2.05, 4.69) is 5.32 Å². The third kappa shape index (κ3) is 8.06. The summed E-state index contributed by atoms with van der Waals surface area (Å²) in [6.45, 7) is 6.32. The highest BCUT2D eigenvalue weighted by Gasteiger charge is 2.30. The minimum Gasteiger partial charge on any atom is -0.352 e. The van der Waals surface area contributed by atoms with E-state index < -0.39 is 16.1 Å². The molecule has 0 bridgehead atoms. The summed E-state index contributed by atoms with van der Waals surface area (Å²) in [5.74, 6) is -0.245. The highest BCUT2D eigenvalue weighted by molar-refractivity contribution is 7.92. The lowest BCUT2D eigenvalue weighted by Crippen LogP contribution is -2.51. The molecule has 0 saturated heterocycles. The minimum absolute atomic E-state index is 0.100. The van der Waals surface area contributed by atoms with E-state index >= 15 is 0 Å². The number of carbonyl (C=O) groups excluding carboxylic acids is 2. The van der Waals surface area contributed by atoms with Gasteiger partial charge in [-0.25, -0.2) is 8.42 Å². The standard InChI is InChI=1S/C30H43N3O4S/c1-5-27(30(35)31-26-17-10-7-11-18-26)32(22-25-15-8-6-9-16-25)29(34)20-13-21-33(38(4,36)37)28-19-12-14-23(2)24(28)3/h6,8-9,12,14-16,19,26-27H,5,7,10-11,13,17-18,20-22H2,1-4H3,(H,31,35)/t27-/m0/s1. The highest BCUT2D eigenvalue weighted by Crippen LogP contribution is 2.26. The number of anilines is 1. The van der Waals surface area contributed by atoms with Crippen LogP contribution in [0.3, 0.4) is 0 Å². The summed E-state index contributed by atoms with van der Waals surface area (Å²) in [4.78, 5) is 28.6. The van der Waals surface area contributed by atoms with Gasteiger partial charge in [-0.1, -0.05) is 68.7 Å². The van der Waals surface area contributed by atoms with Crippen molar-refractivity contribution in [3.63, 3.8) is 0 Å². The number of benzene rings is 2. The summed E-state index contributed by atoms with van der Waals surface area (Å²) in [5.41, 5.74) is 3.51. The predicted molar refractivity (Wildman–Crippen MR) is 153 cm³/mol. The number of nitrogens with one attached hydrogen (secondary N) is 1. The first-order valence-electron chi connectivity index (χ1n) is 13.8. The first kappa shape index (κ1) is 29.7. The lowest BCUT2D eigenvalue weighted by Gasteiger charge is -2.33. The molecule has 0 unspecified atom stereocenters. The molecular formula is C30H43N3O4S. The van der Waals surface area contributed by atoms with Gasteiger partial charge in [0.25, 0.3) is 0 Å². The number of carbonyl (C=O) groups is 2. The smallest absolute Gasteiger partial charge is 0.243 e. The van der Waals surface area contributed by atoms with Crippen LogP contribution in [0.2, 0.25) is 0 Å². The van der Waals surface area contributed by atoms with Crippen molar-refractivity contribution in [2.75, 3.05) is 17.1 Å². The number of nitrogens with zero attached hydrogens (tertiary/aromatic N) is 2. The second-order valence-electron chi connectivity index (χ2n) is 10.4. The van der Waals surface area contributed by atoms with Crippen molar-refractivity contribution in [3.05, 3.63) is 65.2 Å². The number of sulfonamides is 1. The maximum Gasteiger partial charge on any atom is 0.243 e. The summed E-state index contributed by atoms with van der Waals surface area (Å²) in [6, 6.07) is 14.9. The van der Waals surface area contributed by atoms with Crippen LogP contribution in [0, 0.1) is 13.8 Å². The van der Waals surface area contributed by atoms with E-state index in [9.17, 15) is 18.0 Å². The van der Waals surface area contributed by atoms with E-state index in [-0.39, 0.29) is 30.8 Å². The molecule has 208 valence electrons. The number of hydrogen-bond donors (Lipinski definition) is 1. The Balaban J connectivity index is 1.75. The Morgan fingerprint density at radius 3 is 2.32 bits per heavy atom. The molecule has 1 aliphatic carbocycles. The molecule has 2 aromatic carbocycles. The Kier molecular flexibility index (Phi) is 10.8. The molecule has 0 radical (unpaired) electrons. The van der Waals surface area contributed by atoms with Crippen LogP contribution in [-0.2, 0) is 26.2 Å². The van der Waals surface area contributed by atoms with Gasteiger partial charge in [0.2, 0.25) is 21.8 Å². The molecule has 3 rings (SSSR count). The van der Waals surface area contributed by atoms with Gasteiger partial charge in [-0.05, 0) is 62.3 Å². The summed E-state index contributed by atoms with van der Waals surface area (Å²) < 4.78 is 26.7. The van der Waals surface area contributed by atoms with Gasteiger partial charge in [0.05, 0.1) is 11.9 Å². The van der Waals surface area contributed by atoms with Gasteiger partial charge < -0.3 is 10.2 Å². The first-order valence-corrected chi connectivity index (χ1v) is 15.6. The lowest BCUT2D eigenvalue weighted by molar-refractivity contribution is -0.141. The zero-order valence-corrected chi connectivity index (χ0v) is 24.1. The number of amides is 2. The molecule has 2 aromatic rings. The Labute approximate surface area is 228 Å². The third-order valence-corrected chi connectivity index (χ3v) is 8.71. The molecular weight excluding hydrogens is 498 g/mol. The third-order valence-electron chi connectivity index (χ3n) is 7.53. The molecule has 0 spiro atoms. The molecule has 1 atom stereocenters. The van der Waals surface area contributed by atoms with Crippen LogP contribution in [0.25, 0.3) is 0 Å². The van der Waals surface area contributed by atoms with Crippen molar-refractivity contribution in [1.82, 2.24) is 10.2 Å². The monoisotopic (exact) mass is 541 g/mol. The quantitative estimate of drug-likeness (QED) is 0.405. The number of rotatable bonds is 12. The van der Waals surface area contributed by atoms with E-state index in [0.717, 1.165) is 42.4 Å². The van der Waals surface area contributed by atoms with Gasteiger partial charge >= 0.3 is 0 Å². The Bertz CT molecular complexity index is 1180. The van der Waals surface area contributed by atoms with Gasteiger partial charge in [-0.2, -0.15) is 0 Å². The molecule has 0 heterocycles. The van der Waals surface area contributed by atoms with Gasteiger partial charge in [0.15, 0.2) is 0 Å². The Morgan fingerprint density at radius 1 is 1.00 bits per heavy atom. The van der Waals surface area contributed by atoms with Gasteiger partial charge in [0.1, 0.15) is 6.04 Å². The van der Waals surface area contributed by atoms with Crippen LogP contribution in [-0.4, -0.2) is 50.0 Å². The van der Waals surface area contributed by atoms with E-state index in [1.807, 2.05) is 63.2 Å². The second kappa shape index (κ2) is 13.8. The zero-order chi connectivity index (χ0) is 27.7. The van der Waals surface area contributed by atoms with E-state index in [1.54, 1.807) is 11.0 Å². The molecule has 0 aliphatic heterocycles. The number of hydrogen-bond acceptors (Lipinski definition) is 4. The summed E-state index contributed by atoms with van der Waals surface area (Å²) >= 11 is 0. The SMILES string of the molecule is CC[C@@H](C(=O)NC1CCCCC1)N(Cc1ccccc1)C(=O)CCCN(c1cccc(C)c1C)S(C)(=O)=O. The molecule has 1 N–H and O–H groups in total. The van der Waals surface area contributed by atoms with E-state index in [4.69, 9.17) is 0 Å². The maximum atomic E-state index is 13.6. The first-order chi connectivity index (χ1) is 18.1. The minimum atomic E-state index is -3.53. The summed E-state index contributed by atoms with van der Waals surface area (Å²) in [5, 5.41) is 3.20. The molecule has 0 aromatic heterocycles. The molecule has 1 aliphatic rings. The molecule has 2 amide bonds. The Hall–Kier alpha value is -2.87. The van der Waals surface area contributed by atoms with E-state index in [0.29, 0.717) is 25.1 Å². The largest absolute Gasteiger partial charge is 0.352 e. The molecule has 1 saturated carbocycles. The van der Waals surface area contributed by atoms with Crippen LogP contribution in [0.4, 0.5) is 5.69 Å². The van der Waals surface area contributed by atoms with Crippen molar-refractivity contribution >= 4 is 27.5 Å². The lowest BCUT2D eigenvalue weighted by atomic mass is 9.95. The maximum absolute atomic E-state index is 13.6. The highest BCUT2D eigenvalue weighted by atomic mass is 32.2. The van der Waals surface area contributed by atoms with E-state index in [1.165, 1.54) is 17.0 Å². The van der Waals surface area contributed by atoms with Crippen LogP contribution >= 0.6 is 0 Å². The fraction of sp³-hybridized carbons (Fsp3) is 0.533. The van der Waals surface area contributed by atoms with Crippen LogP contribution < -0.4 is 9.62 Å². The average Bonchev–Trinajstić information content (AvgIpc) is 2.89.